The van der Waals surface area contributed by atoms with E-state index in [9.17, 15) is 0 Å². The van der Waals surface area contributed by atoms with Gasteiger partial charge in [0.05, 0.1) is 0 Å². The van der Waals surface area contributed by atoms with Gasteiger partial charge in [0.25, 0.3) is 0 Å². The van der Waals surface area contributed by atoms with Crippen molar-refractivity contribution in [3.8, 4) is 0 Å². The van der Waals surface area contributed by atoms with Crippen LogP contribution in [0.1, 0.15) is 61.7 Å². The summed E-state index contributed by atoms with van der Waals surface area (Å²) in [6.07, 6.45) is 4.03. The van der Waals surface area contributed by atoms with Crippen LogP contribution in [0.5, 0.6) is 0 Å². The molecule has 0 radical (unpaired) electrons. The maximum absolute atomic E-state index is 4.60. The fourth-order valence-corrected chi connectivity index (χ4v) is 3.23. The predicted octanol–water partition coefficient (Wildman–Crippen LogP) is 3.85. The van der Waals surface area contributed by atoms with E-state index in [2.05, 4.69) is 51.0 Å². The summed E-state index contributed by atoms with van der Waals surface area (Å²) in [5, 5.41) is 3.77. The second kappa shape index (κ2) is 5.40. The van der Waals surface area contributed by atoms with E-state index in [0.717, 1.165) is 17.7 Å². The van der Waals surface area contributed by atoms with Crippen LogP contribution < -0.4 is 5.32 Å². The van der Waals surface area contributed by atoms with Gasteiger partial charge in [-0.05, 0) is 63.6 Å². The number of pyridine rings is 1. The molecule has 18 heavy (non-hydrogen) atoms. The lowest BCUT2D eigenvalue weighted by Gasteiger charge is -2.19. The Morgan fingerprint density at radius 1 is 1.39 bits per heavy atom. The third kappa shape index (κ3) is 2.92. The monoisotopic (exact) mass is 246 g/mol. The van der Waals surface area contributed by atoms with Crippen molar-refractivity contribution in [3.05, 3.63) is 28.6 Å². The average molecular weight is 246 g/mol. The molecular weight excluding hydrogens is 220 g/mol. The fourth-order valence-electron chi connectivity index (χ4n) is 3.23. The van der Waals surface area contributed by atoms with E-state index < -0.39 is 0 Å². The fraction of sp³-hybridized carbons (Fsp3) is 0.688. The summed E-state index contributed by atoms with van der Waals surface area (Å²) in [5.41, 5.74) is 5.06. The standard InChI is InChI=1S/C16H26N2/c1-6-7-14-9-15(14)18-13(5)16-10(2)8-11(3)17-12(16)4/h8,13-15,18H,6-7,9H2,1-5H3. The molecule has 1 aliphatic carbocycles. The first-order valence-electron chi connectivity index (χ1n) is 7.23. The number of hydrogen-bond acceptors (Lipinski definition) is 2. The van der Waals surface area contributed by atoms with E-state index in [1.54, 1.807) is 0 Å². The van der Waals surface area contributed by atoms with Crippen LogP contribution in [0.15, 0.2) is 6.07 Å². The van der Waals surface area contributed by atoms with Crippen molar-refractivity contribution < 1.29 is 0 Å². The van der Waals surface area contributed by atoms with Crippen molar-refractivity contribution >= 4 is 0 Å². The lowest BCUT2D eigenvalue weighted by Crippen LogP contribution is -2.24. The number of nitrogens with one attached hydrogen (secondary N) is 1. The molecule has 0 spiro atoms. The number of hydrogen-bond donors (Lipinski definition) is 1. The Hall–Kier alpha value is -0.890. The van der Waals surface area contributed by atoms with Crippen molar-refractivity contribution in [2.45, 2.75) is 66.0 Å². The lowest BCUT2D eigenvalue weighted by molar-refractivity contribution is 0.525. The summed E-state index contributed by atoms with van der Waals surface area (Å²) in [6, 6.07) is 3.35. The molecule has 100 valence electrons. The molecule has 1 aromatic heterocycles. The molecule has 1 heterocycles. The molecule has 1 aliphatic rings. The van der Waals surface area contributed by atoms with Crippen LogP contribution in [-0.4, -0.2) is 11.0 Å². The summed E-state index contributed by atoms with van der Waals surface area (Å²) < 4.78 is 0. The first-order chi connectivity index (χ1) is 8.52. The third-order valence-electron chi connectivity index (χ3n) is 4.06. The highest BCUT2D eigenvalue weighted by molar-refractivity contribution is 5.33. The zero-order valence-electron chi connectivity index (χ0n) is 12.4. The van der Waals surface area contributed by atoms with Gasteiger partial charge >= 0.3 is 0 Å². The highest BCUT2D eigenvalue weighted by Crippen LogP contribution is 2.36. The van der Waals surface area contributed by atoms with Crippen molar-refractivity contribution in [1.29, 1.82) is 0 Å². The third-order valence-corrected chi connectivity index (χ3v) is 4.06. The predicted molar refractivity (Wildman–Crippen MR) is 76.8 cm³/mol. The number of nitrogens with zero attached hydrogens (tertiary/aromatic N) is 1. The molecule has 2 nitrogen and oxygen atoms in total. The Morgan fingerprint density at radius 3 is 2.72 bits per heavy atom. The van der Waals surface area contributed by atoms with Crippen LogP contribution in [0.2, 0.25) is 0 Å². The van der Waals surface area contributed by atoms with Gasteiger partial charge < -0.3 is 5.32 Å². The van der Waals surface area contributed by atoms with Gasteiger partial charge in [-0.25, -0.2) is 0 Å². The first kappa shape index (κ1) is 13.5. The zero-order valence-corrected chi connectivity index (χ0v) is 12.4. The Morgan fingerprint density at radius 2 is 2.11 bits per heavy atom. The van der Waals surface area contributed by atoms with E-state index in [1.165, 1.54) is 36.1 Å². The van der Waals surface area contributed by atoms with Gasteiger partial charge in [-0.1, -0.05) is 13.3 Å². The van der Waals surface area contributed by atoms with Gasteiger partial charge in [-0.3, -0.25) is 4.98 Å². The highest BCUT2D eigenvalue weighted by Gasteiger charge is 2.36. The molecule has 0 aliphatic heterocycles. The van der Waals surface area contributed by atoms with Gasteiger partial charge in [0.1, 0.15) is 0 Å². The average Bonchev–Trinajstić information content (AvgIpc) is 2.94. The Labute approximate surface area is 111 Å². The molecule has 0 aromatic carbocycles. The smallest absolute Gasteiger partial charge is 0.0426 e. The second-order valence-corrected chi connectivity index (χ2v) is 5.86. The molecule has 1 N–H and O–H groups in total. The van der Waals surface area contributed by atoms with E-state index in [4.69, 9.17) is 0 Å². The Bertz CT molecular complexity index is 402. The number of rotatable bonds is 5. The van der Waals surface area contributed by atoms with Gasteiger partial charge in [-0.15, -0.1) is 0 Å². The number of aryl methyl sites for hydroxylation is 3. The molecule has 1 saturated carbocycles. The lowest BCUT2D eigenvalue weighted by atomic mass is 10.0. The molecule has 0 saturated heterocycles. The topological polar surface area (TPSA) is 24.9 Å². The van der Waals surface area contributed by atoms with Crippen LogP contribution in [0.25, 0.3) is 0 Å². The van der Waals surface area contributed by atoms with Crippen LogP contribution in [-0.2, 0) is 0 Å². The molecule has 3 unspecified atom stereocenters. The molecule has 3 atom stereocenters. The number of aromatic nitrogens is 1. The minimum Gasteiger partial charge on any atom is -0.307 e. The quantitative estimate of drug-likeness (QED) is 0.853. The van der Waals surface area contributed by atoms with Crippen LogP contribution in [0.4, 0.5) is 0 Å². The van der Waals surface area contributed by atoms with Crippen molar-refractivity contribution in [1.82, 2.24) is 10.3 Å². The van der Waals surface area contributed by atoms with Gasteiger partial charge in [0, 0.05) is 23.5 Å². The van der Waals surface area contributed by atoms with Crippen LogP contribution >= 0.6 is 0 Å². The molecule has 0 amide bonds. The van der Waals surface area contributed by atoms with E-state index in [-0.39, 0.29) is 0 Å². The summed E-state index contributed by atoms with van der Waals surface area (Å²) in [6.45, 7) is 10.9. The van der Waals surface area contributed by atoms with E-state index >= 15 is 0 Å². The molecular formula is C16H26N2. The van der Waals surface area contributed by atoms with Crippen molar-refractivity contribution in [2.75, 3.05) is 0 Å². The molecule has 1 aromatic rings. The SMILES string of the molecule is CCCC1CC1NC(C)c1c(C)cc(C)nc1C. The zero-order chi connectivity index (χ0) is 13.3. The van der Waals surface area contributed by atoms with Gasteiger partial charge in [0.15, 0.2) is 0 Å². The highest BCUT2D eigenvalue weighted by atomic mass is 15.0. The summed E-state index contributed by atoms with van der Waals surface area (Å²) >= 11 is 0. The summed E-state index contributed by atoms with van der Waals surface area (Å²) in [5.74, 6) is 0.913. The molecule has 1 fully saturated rings. The Balaban J connectivity index is 2.03. The van der Waals surface area contributed by atoms with Crippen LogP contribution in [0.3, 0.4) is 0 Å². The Kier molecular flexibility index (Phi) is 4.06. The summed E-state index contributed by atoms with van der Waals surface area (Å²) in [4.78, 5) is 4.60. The second-order valence-electron chi connectivity index (χ2n) is 5.86. The van der Waals surface area contributed by atoms with Crippen molar-refractivity contribution in [3.63, 3.8) is 0 Å². The normalized spacial score (nSPS) is 24.1. The van der Waals surface area contributed by atoms with E-state index in [1.807, 2.05) is 0 Å². The summed E-state index contributed by atoms with van der Waals surface area (Å²) in [7, 11) is 0. The van der Waals surface area contributed by atoms with E-state index in [0.29, 0.717) is 6.04 Å². The molecule has 2 rings (SSSR count). The van der Waals surface area contributed by atoms with Gasteiger partial charge in [0.2, 0.25) is 0 Å². The minimum absolute atomic E-state index is 0.421. The molecule has 0 bridgehead atoms. The molecule has 2 heteroatoms. The minimum atomic E-state index is 0.421. The van der Waals surface area contributed by atoms with Crippen molar-refractivity contribution in [2.24, 2.45) is 5.92 Å². The largest absolute Gasteiger partial charge is 0.307 e. The van der Waals surface area contributed by atoms with Gasteiger partial charge in [-0.2, -0.15) is 0 Å². The maximum Gasteiger partial charge on any atom is 0.0426 e. The maximum atomic E-state index is 4.60. The van der Waals surface area contributed by atoms with Crippen LogP contribution in [0, 0.1) is 26.7 Å². The first-order valence-corrected chi connectivity index (χ1v) is 7.23.